The standard InChI is InChI=1S/C42H26O/c1-2-13-28(14-3-1)39-33-18-6-8-20-35(33)40(36-21-9-7-19-34(36)39)30-16-10-15-29(26-30)32-22-11-23-37-38-25-24-27-12-4-5-17-31(27)41(38)43-42(32)37/h1-26H. The van der Waals surface area contributed by atoms with Gasteiger partial charge in [0.1, 0.15) is 11.2 Å². The van der Waals surface area contributed by atoms with Crippen LogP contribution in [0.3, 0.4) is 0 Å². The molecule has 9 aromatic rings. The zero-order valence-electron chi connectivity index (χ0n) is 23.4. The maximum Gasteiger partial charge on any atom is 0.143 e. The molecule has 0 fully saturated rings. The third kappa shape index (κ3) is 3.65. The number of para-hydroxylation sites is 1. The zero-order valence-corrected chi connectivity index (χ0v) is 23.4. The predicted octanol–water partition coefficient (Wildman–Crippen LogP) is 12.0. The Morgan fingerprint density at radius 1 is 0.302 bits per heavy atom. The minimum Gasteiger partial charge on any atom is -0.455 e. The van der Waals surface area contributed by atoms with Crippen LogP contribution in [-0.4, -0.2) is 0 Å². The Labute approximate surface area is 249 Å². The van der Waals surface area contributed by atoms with E-state index in [0.29, 0.717) is 0 Å². The third-order valence-electron chi connectivity index (χ3n) is 8.85. The van der Waals surface area contributed by atoms with Crippen LogP contribution in [0.5, 0.6) is 0 Å². The number of hydrogen-bond donors (Lipinski definition) is 0. The molecule has 0 aliphatic heterocycles. The molecule has 43 heavy (non-hydrogen) atoms. The fourth-order valence-corrected chi connectivity index (χ4v) is 6.95. The maximum absolute atomic E-state index is 6.70. The minimum absolute atomic E-state index is 0.931. The van der Waals surface area contributed by atoms with Crippen molar-refractivity contribution in [2.24, 2.45) is 0 Å². The highest BCUT2D eigenvalue weighted by Crippen LogP contribution is 2.45. The van der Waals surface area contributed by atoms with Gasteiger partial charge >= 0.3 is 0 Å². The molecule has 8 aromatic carbocycles. The van der Waals surface area contributed by atoms with Crippen LogP contribution in [0, 0.1) is 0 Å². The molecule has 1 heterocycles. The van der Waals surface area contributed by atoms with E-state index in [4.69, 9.17) is 4.42 Å². The van der Waals surface area contributed by atoms with Crippen LogP contribution in [0.15, 0.2) is 162 Å². The molecule has 0 radical (unpaired) electrons. The minimum atomic E-state index is 0.931. The van der Waals surface area contributed by atoms with Gasteiger partial charge in [-0.3, -0.25) is 0 Å². The molecule has 0 bridgehead atoms. The van der Waals surface area contributed by atoms with Crippen molar-refractivity contribution in [1.82, 2.24) is 0 Å². The van der Waals surface area contributed by atoms with Gasteiger partial charge in [0.2, 0.25) is 0 Å². The lowest BCUT2D eigenvalue weighted by atomic mass is 9.85. The van der Waals surface area contributed by atoms with Crippen molar-refractivity contribution in [3.63, 3.8) is 0 Å². The summed E-state index contributed by atoms with van der Waals surface area (Å²) in [4.78, 5) is 0. The first kappa shape index (κ1) is 24.0. The average molecular weight is 547 g/mol. The van der Waals surface area contributed by atoms with Gasteiger partial charge in [0.15, 0.2) is 0 Å². The second-order valence-electron chi connectivity index (χ2n) is 11.2. The molecule has 0 atom stereocenters. The summed E-state index contributed by atoms with van der Waals surface area (Å²) in [6.45, 7) is 0. The van der Waals surface area contributed by atoms with E-state index in [0.717, 1.165) is 38.5 Å². The summed E-state index contributed by atoms with van der Waals surface area (Å²) in [7, 11) is 0. The maximum atomic E-state index is 6.70. The highest BCUT2D eigenvalue weighted by molar-refractivity contribution is 6.22. The first-order valence-corrected chi connectivity index (χ1v) is 14.8. The Morgan fingerprint density at radius 2 is 0.814 bits per heavy atom. The van der Waals surface area contributed by atoms with Crippen LogP contribution in [0.1, 0.15) is 0 Å². The Morgan fingerprint density at radius 3 is 1.53 bits per heavy atom. The molecule has 0 spiro atoms. The Kier molecular flexibility index (Phi) is 5.27. The molecule has 1 nitrogen and oxygen atoms in total. The lowest BCUT2D eigenvalue weighted by Gasteiger charge is -2.18. The second kappa shape index (κ2) is 9.44. The number of hydrogen-bond acceptors (Lipinski definition) is 1. The van der Waals surface area contributed by atoms with Gasteiger partial charge in [-0.2, -0.15) is 0 Å². The van der Waals surface area contributed by atoms with Crippen LogP contribution >= 0.6 is 0 Å². The molecule has 9 rings (SSSR count). The van der Waals surface area contributed by atoms with E-state index in [9.17, 15) is 0 Å². The van der Waals surface area contributed by atoms with Gasteiger partial charge in [-0.05, 0) is 66.9 Å². The first-order valence-electron chi connectivity index (χ1n) is 14.8. The summed E-state index contributed by atoms with van der Waals surface area (Å²) < 4.78 is 6.70. The van der Waals surface area contributed by atoms with Crippen molar-refractivity contribution < 1.29 is 4.42 Å². The van der Waals surface area contributed by atoms with E-state index in [-0.39, 0.29) is 0 Å². The Hall–Kier alpha value is -5.66. The van der Waals surface area contributed by atoms with E-state index in [1.54, 1.807) is 0 Å². The fourth-order valence-electron chi connectivity index (χ4n) is 6.95. The summed E-state index contributed by atoms with van der Waals surface area (Å²) in [5, 5.41) is 9.67. The second-order valence-corrected chi connectivity index (χ2v) is 11.2. The van der Waals surface area contributed by atoms with Crippen LogP contribution in [0.4, 0.5) is 0 Å². The Balaban J connectivity index is 1.31. The molecule has 1 aromatic heterocycles. The molecular formula is C42H26O. The van der Waals surface area contributed by atoms with E-state index in [1.165, 1.54) is 49.2 Å². The van der Waals surface area contributed by atoms with E-state index < -0.39 is 0 Å². The van der Waals surface area contributed by atoms with Gasteiger partial charge in [-0.1, -0.05) is 146 Å². The third-order valence-corrected chi connectivity index (χ3v) is 8.85. The van der Waals surface area contributed by atoms with Crippen molar-refractivity contribution >= 4 is 54.3 Å². The topological polar surface area (TPSA) is 13.1 Å². The monoisotopic (exact) mass is 546 g/mol. The van der Waals surface area contributed by atoms with E-state index >= 15 is 0 Å². The van der Waals surface area contributed by atoms with Crippen molar-refractivity contribution in [2.75, 3.05) is 0 Å². The van der Waals surface area contributed by atoms with E-state index in [1.807, 2.05) is 0 Å². The number of rotatable bonds is 3. The van der Waals surface area contributed by atoms with Crippen molar-refractivity contribution in [2.45, 2.75) is 0 Å². The van der Waals surface area contributed by atoms with Crippen molar-refractivity contribution in [3.05, 3.63) is 158 Å². The van der Waals surface area contributed by atoms with Crippen molar-refractivity contribution in [3.8, 4) is 33.4 Å². The molecule has 1 heteroatoms. The van der Waals surface area contributed by atoms with Gasteiger partial charge in [0.25, 0.3) is 0 Å². The SMILES string of the molecule is c1ccc(-c2c3ccccc3c(-c3cccc(-c4cccc5c4oc4c6ccccc6ccc54)c3)c3ccccc23)cc1. The van der Waals surface area contributed by atoms with E-state index in [2.05, 4.69) is 158 Å². The normalized spacial score (nSPS) is 11.7. The largest absolute Gasteiger partial charge is 0.455 e. The summed E-state index contributed by atoms with van der Waals surface area (Å²) in [6, 6.07) is 56.7. The fraction of sp³-hybridized carbons (Fsp3) is 0. The van der Waals surface area contributed by atoms with Gasteiger partial charge in [-0.25, -0.2) is 0 Å². The van der Waals surface area contributed by atoms with Gasteiger partial charge in [0, 0.05) is 21.7 Å². The predicted molar refractivity (Wildman–Crippen MR) is 183 cm³/mol. The van der Waals surface area contributed by atoms with Gasteiger partial charge < -0.3 is 4.42 Å². The molecular weight excluding hydrogens is 520 g/mol. The molecule has 0 saturated heterocycles. The number of furan rings is 1. The highest BCUT2D eigenvalue weighted by atomic mass is 16.3. The first-order chi connectivity index (χ1) is 21.3. The summed E-state index contributed by atoms with van der Waals surface area (Å²) in [5.41, 5.74) is 9.11. The summed E-state index contributed by atoms with van der Waals surface area (Å²) >= 11 is 0. The number of fused-ring (bicyclic) bond motifs is 7. The lowest BCUT2D eigenvalue weighted by Crippen LogP contribution is -1.91. The Bertz CT molecular complexity index is 2440. The van der Waals surface area contributed by atoms with Crippen molar-refractivity contribution in [1.29, 1.82) is 0 Å². The van der Waals surface area contributed by atoms with Crippen LogP contribution in [0.25, 0.3) is 87.6 Å². The van der Waals surface area contributed by atoms with Crippen LogP contribution in [-0.2, 0) is 0 Å². The molecule has 0 amide bonds. The lowest BCUT2D eigenvalue weighted by molar-refractivity contribution is 0.674. The number of benzene rings is 8. The summed E-state index contributed by atoms with van der Waals surface area (Å²) in [6.07, 6.45) is 0. The highest BCUT2D eigenvalue weighted by Gasteiger charge is 2.18. The van der Waals surface area contributed by atoms with Crippen LogP contribution in [0.2, 0.25) is 0 Å². The molecule has 0 N–H and O–H groups in total. The van der Waals surface area contributed by atoms with Gasteiger partial charge in [-0.15, -0.1) is 0 Å². The molecule has 0 aliphatic rings. The molecule has 0 saturated carbocycles. The average Bonchev–Trinajstić information content (AvgIpc) is 3.47. The smallest absolute Gasteiger partial charge is 0.143 e. The van der Waals surface area contributed by atoms with Crippen LogP contribution < -0.4 is 0 Å². The summed E-state index contributed by atoms with van der Waals surface area (Å²) in [5.74, 6) is 0. The zero-order chi connectivity index (χ0) is 28.3. The quantitative estimate of drug-likeness (QED) is 0.201. The molecule has 0 unspecified atom stereocenters. The van der Waals surface area contributed by atoms with Gasteiger partial charge in [0.05, 0.1) is 0 Å². The molecule has 0 aliphatic carbocycles. The molecule has 200 valence electrons.